The molecule has 2 saturated heterocycles. The van der Waals surface area contributed by atoms with E-state index in [1.54, 1.807) is 30.5 Å². The average Bonchev–Trinajstić information content (AvgIpc) is 3.25. The molecule has 0 spiro atoms. The van der Waals surface area contributed by atoms with E-state index in [0.717, 1.165) is 32.9 Å². The topological polar surface area (TPSA) is 140 Å². The summed E-state index contributed by atoms with van der Waals surface area (Å²) < 4.78 is 6.09. The minimum absolute atomic E-state index is 0.0670. The van der Waals surface area contributed by atoms with Gasteiger partial charge in [-0.05, 0) is 109 Å². The number of fused-ring (bicyclic) bond motifs is 3. The highest BCUT2D eigenvalue weighted by Crippen LogP contribution is 2.51. The Morgan fingerprint density at radius 2 is 1.93 bits per heavy atom. The number of benzene rings is 2. The van der Waals surface area contributed by atoms with Crippen molar-refractivity contribution in [1.29, 1.82) is 0 Å². The van der Waals surface area contributed by atoms with Gasteiger partial charge in [-0.15, -0.1) is 0 Å². The first-order valence-corrected chi connectivity index (χ1v) is 15.0. The van der Waals surface area contributed by atoms with Crippen LogP contribution in [0.3, 0.4) is 0 Å². The molecule has 1 aliphatic carbocycles. The molecule has 6 rings (SSSR count). The number of aromatic hydroxyl groups is 1. The number of aromatic nitrogens is 1. The number of carbonyl (C=O) groups is 2. The van der Waals surface area contributed by atoms with E-state index in [9.17, 15) is 29.8 Å². The van der Waals surface area contributed by atoms with Crippen molar-refractivity contribution in [2.45, 2.75) is 38.6 Å². The molecule has 2 fully saturated rings. The maximum atomic E-state index is 13.9. The predicted molar refractivity (Wildman–Crippen MR) is 169 cm³/mol. The smallest absolute Gasteiger partial charge is 0.488 e. The monoisotopic (exact) mass is 612 g/mol. The molecule has 224 valence electrons. The molecule has 3 aromatic rings. The van der Waals surface area contributed by atoms with Crippen LogP contribution >= 0.6 is 11.6 Å². The van der Waals surface area contributed by atoms with E-state index >= 15 is 0 Å². The molecule has 1 aromatic heterocycles. The van der Waals surface area contributed by atoms with Crippen LogP contribution in [-0.4, -0.2) is 57.3 Å². The standard InChI is InChI=1S/C32H31B2ClN2O7/c1-18-13-24-30(32(40)37(31(24)39)22-6-4-5-21(15-22)34(42)43)25-17-33(41)44-28(29(18)25)11-9-20(27-7-2-3-12-36-27)14-19-8-10-23(38)16-26(19)35/h2-8,10,12,14-16,24-25,28,30,38,41-43H,9,11,13,17H2,1H3/b20-14-/t24-,25+,28-,30-/m1/s1. The molecule has 0 unspecified atom stereocenters. The second kappa shape index (κ2) is 12.3. The van der Waals surface area contributed by atoms with E-state index in [0.29, 0.717) is 30.0 Å². The number of phenolic OH excluding ortho intramolecular Hbond substituents is 1. The summed E-state index contributed by atoms with van der Waals surface area (Å²) in [6.07, 6.45) is 4.72. The number of allylic oxidation sites excluding steroid dienone is 2. The van der Waals surface area contributed by atoms with E-state index in [-0.39, 0.29) is 35.3 Å². The van der Waals surface area contributed by atoms with E-state index in [2.05, 4.69) is 4.98 Å². The SMILES string of the molecule is CC1=C2[C@@H](CC/C(=C/c3ccc(O)cc3Cl)c3ccccn3)OB(O)C[C@@H]2[C@@H]2C(=O)N(c3cccc(B(O)O)c3)C(=O)[C@@H]2C1. The second-order valence-electron chi connectivity index (χ2n) is 11.6. The fraction of sp³-hybridized carbons (Fsp3) is 0.281. The van der Waals surface area contributed by atoms with Gasteiger partial charge in [0.2, 0.25) is 11.8 Å². The summed E-state index contributed by atoms with van der Waals surface area (Å²) in [4.78, 5) is 33.2. The number of hydrogen-bond donors (Lipinski definition) is 4. The molecular formula is C32H31B2ClN2O7. The summed E-state index contributed by atoms with van der Waals surface area (Å²) in [5.41, 5.74) is 4.75. The van der Waals surface area contributed by atoms with Gasteiger partial charge in [0.25, 0.3) is 0 Å². The van der Waals surface area contributed by atoms with Crippen LogP contribution in [0.4, 0.5) is 5.69 Å². The van der Waals surface area contributed by atoms with Crippen molar-refractivity contribution in [3.8, 4) is 5.75 Å². The van der Waals surface area contributed by atoms with Gasteiger partial charge in [0.15, 0.2) is 0 Å². The lowest BCUT2D eigenvalue weighted by Crippen LogP contribution is -2.46. The Labute approximate surface area is 260 Å². The van der Waals surface area contributed by atoms with Crippen LogP contribution in [0.1, 0.15) is 37.4 Å². The minimum atomic E-state index is -1.73. The number of carbonyl (C=O) groups excluding carboxylic acids is 2. The Balaban J connectivity index is 1.29. The molecule has 9 nitrogen and oxygen atoms in total. The van der Waals surface area contributed by atoms with Crippen molar-refractivity contribution in [3.63, 3.8) is 0 Å². The zero-order chi connectivity index (χ0) is 31.1. The predicted octanol–water partition coefficient (Wildman–Crippen LogP) is 3.46. The van der Waals surface area contributed by atoms with Gasteiger partial charge in [-0.1, -0.05) is 35.4 Å². The highest BCUT2D eigenvalue weighted by molar-refractivity contribution is 6.58. The van der Waals surface area contributed by atoms with Crippen molar-refractivity contribution in [1.82, 2.24) is 4.98 Å². The lowest BCUT2D eigenvalue weighted by Gasteiger charge is -2.42. The Hall–Kier alpha value is -3.73. The van der Waals surface area contributed by atoms with Crippen molar-refractivity contribution >= 4 is 60.5 Å². The number of anilines is 1. The van der Waals surface area contributed by atoms with Crippen molar-refractivity contribution in [2.24, 2.45) is 17.8 Å². The third-order valence-corrected chi connectivity index (χ3v) is 9.19. The van der Waals surface area contributed by atoms with Crippen LogP contribution < -0.4 is 10.4 Å². The molecule has 2 aliphatic heterocycles. The highest BCUT2D eigenvalue weighted by Gasteiger charge is 2.57. The summed E-state index contributed by atoms with van der Waals surface area (Å²) in [7, 11) is -2.85. The molecule has 2 amide bonds. The maximum absolute atomic E-state index is 13.9. The third-order valence-electron chi connectivity index (χ3n) is 8.86. The van der Waals surface area contributed by atoms with Gasteiger partial charge in [0.1, 0.15) is 5.75 Å². The molecule has 4 atom stereocenters. The number of pyridine rings is 1. The molecule has 3 heterocycles. The highest BCUT2D eigenvalue weighted by atomic mass is 35.5. The van der Waals surface area contributed by atoms with Crippen LogP contribution in [0.2, 0.25) is 11.3 Å². The maximum Gasteiger partial charge on any atom is 0.488 e. The van der Waals surface area contributed by atoms with E-state index in [4.69, 9.17) is 16.3 Å². The number of nitrogens with zero attached hydrogens (tertiary/aromatic N) is 2. The van der Waals surface area contributed by atoms with Gasteiger partial charge < -0.3 is 24.8 Å². The first-order chi connectivity index (χ1) is 21.1. The first-order valence-electron chi connectivity index (χ1n) is 14.6. The van der Waals surface area contributed by atoms with Crippen molar-refractivity contribution < 1.29 is 34.4 Å². The van der Waals surface area contributed by atoms with Gasteiger partial charge in [-0.3, -0.25) is 19.5 Å². The zero-order valence-corrected chi connectivity index (χ0v) is 24.8. The molecule has 2 aromatic carbocycles. The molecular weight excluding hydrogens is 581 g/mol. The van der Waals surface area contributed by atoms with Crippen LogP contribution in [-0.2, 0) is 14.2 Å². The number of halogens is 1. The van der Waals surface area contributed by atoms with Gasteiger partial charge in [-0.2, -0.15) is 0 Å². The van der Waals surface area contributed by atoms with E-state index < -0.39 is 32.2 Å². The summed E-state index contributed by atoms with van der Waals surface area (Å²) in [5.74, 6) is -2.24. The molecule has 0 radical (unpaired) electrons. The van der Waals surface area contributed by atoms with Crippen molar-refractivity contribution in [2.75, 3.05) is 4.90 Å². The lowest BCUT2D eigenvalue weighted by atomic mass is 9.58. The van der Waals surface area contributed by atoms with Gasteiger partial charge in [-0.25, -0.2) is 0 Å². The first kappa shape index (κ1) is 30.3. The molecule has 12 heteroatoms. The summed E-state index contributed by atoms with van der Waals surface area (Å²) in [5, 5.41) is 40.3. The molecule has 3 aliphatic rings. The van der Waals surface area contributed by atoms with Crippen molar-refractivity contribution in [3.05, 3.63) is 94.3 Å². The fourth-order valence-corrected chi connectivity index (χ4v) is 7.16. The summed E-state index contributed by atoms with van der Waals surface area (Å²) in [6, 6.07) is 16.5. The minimum Gasteiger partial charge on any atom is -0.508 e. The number of hydrogen-bond acceptors (Lipinski definition) is 8. The quantitative estimate of drug-likeness (QED) is 0.181. The Morgan fingerprint density at radius 1 is 1.11 bits per heavy atom. The zero-order valence-electron chi connectivity index (χ0n) is 24.0. The molecule has 4 N–H and O–H groups in total. The largest absolute Gasteiger partial charge is 0.508 e. The fourth-order valence-electron chi connectivity index (χ4n) is 6.93. The molecule has 0 bridgehead atoms. The molecule has 44 heavy (non-hydrogen) atoms. The average molecular weight is 613 g/mol. The number of amides is 2. The van der Waals surface area contributed by atoms with Crippen LogP contribution in [0, 0.1) is 17.8 Å². The van der Waals surface area contributed by atoms with E-state index in [1.807, 2.05) is 31.2 Å². The molecule has 0 saturated carbocycles. The van der Waals surface area contributed by atoms with Gasteiger partial charge in [0, 0.05) is 6.20 Å². The van der Waals surface area contributed by atoms with E-state index in [1.165, 1.54) is 18.2 Å². The van der Waals surface area contributed by atoms with Gasteiger partial charge in [0.05, 0.1) is 34.3 Å². The number of phenols is 1. The van der Waals surface area contributed by atoms with Crippen LogP contribution in [0.15, 0.2) is 78.0 Å². The normalized spacial score (nSPS) is 23.6. The number of rotatable bonds is 7. The summed E-state index contributed by atoms with van der Waals surface area (Å²) in [6.45, 7) is 1.96. The Bertz CT molecular complexity index is 1670. The summed E-state index contributed by atoms with van der Waals surface area (Å²) >= 11 is 6.42. The second-order valence-corrected chi connectivity index (χ2v) is 12.0. The number of imide groups is 1. The Kier molecular flexibility index (Phi) is 8.50. The Morgan fingerprint density at radius 3 is 2.66 bits per heavy atom. The van der Waals surface area contributed by atoms with Gasteiger partial charge >= 0.3 is 14.2 Å². The third kappa shape index (κ3) is 5.74. The lowest BCUT2D eigenvalue weighted by molar-refractivity contribution is -0.122. The van der Waals surface area contributed by atoms with Crippen LogP contribution in [0.5, 0.6) is 5.75 Å². The van der Waals surface area contributed by atoms with Crippen LogP contribution in [0.25, 0.3) is 11.6 Å².